The van der Waals surface area contributed by atoms with Gasteiger partial charge >= 0.3 is 5.97 Å². The van der Waals surface area contributed by atoms with Crippen molar-refractivity contribution < 1.29 is 13.9 Å². The van der Waals surface area contributed by atoms with E-state index in [-0.39, 0.29) is 6.42 Å². The van der Waals surface area contributed by atoms with Crippen LogP contribution in [0.5, 0.6) is 0 Å². The number of fused-ring (bicyclic) bond motifs is 1. The molecule has 2 aromatic heterocycles. The molecule has 2 heterocycles. The quantitative estimate of drug-likeness (QED) is 0.799. The zero-order valence-electron chi connectivity index (χ0n) is 12.8. The molecule has 0 unspecified atom stereocenters. The molecule has 0 bridgehead atoms. The van der Waals surface area contributed by atoms with Gasteiger partial charge in [0.15, 0.2) is 6.10 Å². The number of ether oxygens (including phenoxy) is 1. The fourth-order valence-electron chi connectivity index (χ4n) is 2.99. The average Bonchev–Trinajstić information content (AvgIpc) is 2.78. The second-order valence-corrected chi connectivity index (χ2v) is 5.57. The van der Waals surface area contributed by atoms with Gasteiger partial charge in [0.1, 0.15) is 6.17 Å². The number of pyridine rings is 2. The predicted octanol–water partition coefficient (Wildman–Crippen LogP) is 3.26. The van der Waals surface area contributed by atoms with E-state index < -0.39 is 18.2 Å². The first-order chi connectivity index (χ1) is 10.5. The maximum absolute atomic E-state index is 14.4. The Labute approximate surface area is 128 Å². The minimum atomic E-state index is -1.24. The Kier molecular flexibility index (Phi) is 3.64. The molecule has 5 heteroatoms. The second kappa shape index (κ2) is 5.48. The molecule has 0 aromatic carbocycles. The van der Waals surface area contributed by atoms with Crippen LogP contribution in [0.4, 0.5) is 4.39 Å². The fraction of sp³-hybridized carbons (Fsp3) is 0.353. The van der Waals surface area contributed by atoms with E-state index in [1.807, 2.05) is 26.0 Å². The molecule has 2 atom stereocenters. The van der Waals surface area contributed by atoms with E-state index in [1.54, 1.807) is 12.4 Å². The van der Waals surface area contributed by atoms with E-state index in [1.165, 1.54) is 6.92 Å². The lowest BCUT2D eigenvalue weighted by Gasteiger charge is -2.18. The molecule has 4 nitrogen and oxygen atoms in total. The number of hydrogen-bond acceptors (Lipinski definition) is 4. The van der Waals surface area contributed by atoms with Gasteiger partial charge in [0.05, 0.1) is 5.69 Å². The molecule has 0 radical (unpaired) electrons. The number of carbonyl (C=O) groups excluding carboxylic acids is 1. The standard InChI is InChI=1S/C17H17FN2O2/c1-9-8-20-16(12-5-4-6-19-10(12)2)15-13(9)7-14(18)17(15)22-11(3)21/h4-6,8,14,17H,7H2,1-3H3/t14-,17-/m1/s1. The van der Waals surface area contributed by atoms with Crippen molar-refractivity contribution in [1.29, 1.82) is 0 Å². The Balaban J connectivity index is 2.21. The molecule has 22 heavy (non-hydrogen) atoms. The van der Waals surface area contributed by atoms with Crippen LogP contribution in [-0.2, 0) is 16.0 Å². The highest BCUT2D eigenvalue weighted by Gasteiger charge is 2.39. The van der Waals surface area contributed by atoms with E-state index in [9.17, 15) is 9.18 Å². The normalized spacial score (nSPS) is 19.8. The van der Waals surface area contributed by atoms with Gasteiger partial charge in [-0.15, -0.1) is 0 Å². The first kappa shape index (κ1) is 14.6. The minimum Gasteiger partial charge on any atom is -0.454 e. The van der Waals surface area contributed by atoms with Crippen LogP contribution in [0.1, 0.15) is 35.4 Å². The number of rotatable bonds is 2. The van der Waals surface area contributed by atoms with Crippen LogP contribution in [0.25, 0.3) is 11.3 Å². The van der Waals surface area contributed by atoms with Crippen LogP contribution >= 0.6 is 0 Å². The molecule has 0 aliphatic heterocycles. The Morgan fingerprint density at radius 3 is 2.82 bits per heavy atom. The van der Waals surface area contributed by atoms with Crippen LogP contribution < -0.4 is 0 Å². The molecular weight excluding hydrogens is 283 g/mol. The molecule has 0 amide bonds. The lowest BCUT2D eigenvalue weighted by atomic mass is 9.98. The van der Waals surface area contributed by atoms with Crippen LogP contribution in [0.15, 0.2) is 24.5 Å². The topological polar surface area (TPSA) is 52.1 Å². The van der Waals surface area contributed by atoms with Crippen LogP contribution in [-0.4, -0.2) is 22.1 Å². The van der Waals surface area contributed by atoms with E-state index >= 15 is 0 Å². The molecule has 0 N–H and O–H groups in total. The maximum atomic E-state index is 14.4. The van der Waals surface area contributed by atoms with Gasteiger partial charge in [-0.1, -0.05) is 0 Å². The molecule has 2 aromatic rings. The van der Waals surface area contributed by atoms with Gasteiger partial charge < -0.3 is 4.74 Å². The molecule has 114 valence electrons. The third kappa shape index (κ3) is 2.36. The van der Waals surface area contributed by atoms with Crippen molar-refractivity contribution in [2.45, 2.75) is 39.5 Å². The largest absolute Gasteiger partial charge is 0.454 e. The minimum absolute atomic E-state index is 0.244. The highest BCUT2D eigenvalue weighted by atomic mass is 19.1. The summed E-state index contributed by atoms with van der Waals surface area (Å²) in [6, 6.07) is 3.72. The summed E-state index contributed by atoms with van der Waals surface area (Å²) in [6.45, 7) is 5.07. The Morgan fingerprint density at radius 2 is 2.14 bits per heavy atom. The molecule has 0 fully saturated rings. The number of alkyl halides is 1. The summed E-state index contributed by atoms with van der Waals surface area (Å²) >= 11 is 0. The number of hydrogen-bond donors (Lipinski definition) is 0. The summed E-state index contributed by atoms with van der Waals surface area (Å²) in [5.41, 5.74) is 4.77. The molecule has 0 saturated carbocycles. The summed E-state index contributed by atoms with van der Waals surface area (Å²) in [5, 5.41) is 0. The predicted molar refractivity (Wildman–Crippen MR) is 80.0 cm³/mol. The Hall–Kier alpha value is -2.30. The van der Waals surface area contributed by atoms with E-state index in [0.29, 0.717) is 11.3 Å². The van der Waals surface area contributed by atoms with Crippen molar-refractivity contribution in [3.05, 3.63) is 46.9 Å². The zero-order valence-corrected chi connectivity index (χ0v) is 12.8. The summed E-state index contributed by atoms with van der Waals surface area (Å²) < 4.78 is 19.6. The van der Waals surface area contributed by atoms with E-state index in [0.717, 1.165) is 22.4 Å². The molecule has 1 aliphatic rings. The van der Waals surface area contributed by atoms with Gasteiger partial charge in [0.2, 0.25) is 0 Å². The summed E-state index contributed by atoms with van der Waals surface area (Å²) in [7, 11) is 0. The number of aromatic nitrogens is 2. The number of esters is 1. The molecule has 3 rings (SSSR count). The first-order valence-corrected chi connectivity index (χ1v) is 7.20. The van der Waals surface area contributed by atoms with Crippen molar-refractivity contribution in [2.24, 2.45) is 0 Å². The van der Waals surface area contributed by atoms with Gasteiger partial charge in [-0.05, 0) is 37.1 Å². The fourth-order valence-corrected chi connectivity index (χ4v) is 2.99. The van der Waals surface area contributed by atoms with Gasteiger partial charge in [0.25, 0.3) is 0 Å². The maximum Gasteiger partial charge on any atom is 0.303 e. The smallest absolute Gasteiger partial charge is 0.303 e. The average molecular weight is 300 g/mol. The number of halogens is 1. The van der Waals surface area contributed by atoms with Crippen molar-refractivity contribution in [1.82, 2.24) is 9.97 Å². The van der Waals surface area contributed by atoms with Crippen LogP contribution in [0.3, 0.4) is 0 Å². The Bertz CT molecular complexity index is 745. The van der Waals surface area contributed by atoms with E-state index in [2.05, 4.69) is 9.97 Å². The summed E-state index contributed by atoms with van der Waals surface area (Å²) in [5.74, 6) is -0.490. The first-order valence-electron chi connectivity index (χ1n) is 7.20. The highest BCUT2D eigenvalue weighted by Crippen LogP contribution is 2.43. The number of nitrogens with zero attached hydrogens (tertiary/aromatic N) is 2. The lowest BCUT2D eigenvalue weighted by molar-refractivity contribution is -0.149. The van der Waals surface area contributed by atoms with Gasteiger partial charge in [-0.25, -0.2) is 4.39 Å². The monoisotopic (exact) mass is 300 g/mol. The third-order valence-corrected chi connectivity index (χ3v) is 4.01. The summed E-state index contributed by atoms with van der Waals surface area (Å²) in [6.07, 6.45) is 1.55. The van der Waals surface area contributed by atoms with Crippen molar-refractivity contribution >= 4 is 5.97 Å². The summed E-state index contributed by atoms with van der Waals surface area (Å²) in [4.78, 5) is 20.1. The molecule has 0 saturated heterocycles. The van der Waals surface area contributed by atoms with Crippen LogP contribution in [0.2, 0.25) is 0 Å². The zero-order chi connectivity index (χ0) is 15.9. The number of carbonyl (C=O) groups is 1. The molecule has 0 spiro atoms. The van der Waals surface area contributed by atoms with Crippen molar-refractivity contribution in [2.75, 3.05) is 0 Å². The van der Waals surface area contributed by atoms with Gasteiger partial charge in [0, 0.05) is 42.6 Å². The third-order valence-electron chi connectivity index (χ3n) is 4.01. The highest BCUT2D eigenvalue weighted by molar-refractivity contribution is 5.71. The number of aryl methyl sites for hydroxylation is 2. The SMILES string of the molecule is CC(=O)O[C@H]1c2c(-c3cccnc3C)ncc(C)c2C[C@H]1F. The van der Waals surface area contributed by atoms with Gasteiger partial charge in [-0.2, -0.15) is 0 Å². The molecule has 1 aliphatic carbocycles. The van der Waals surface area contributed by atoms with Crippen LogP contribution in [0, 0.1) is 13.8 Å². The molecular formula is C17H17FN2O2. The van der Waals surface area contributed by atoms with Crippen molar-refractivity contribution in [3.8, 4) is 11.3 Å². The van der Waals surface area contributed by atoms with Gasteiger partial charge in [-0.3, -0.25) is 14.8 Å². The second-order valence-electron chi connectivity index (χ2n) is 5.57. The van der Waals surface area contributed by atoms with Crippen molar-refractivity contribution in [3.63, 3.8) is 0 Å². The lowest BCUT2D eigenvalue weighted by Crippen LogP contribution is -2.16. The Morgan fingerprint density at radius 1 is 1.36 bits per heavy atom. The van der Waals surface area contributed by atoms with E-state index in [4.69, 9.17) is 4.74 Å².